The van der Waals surface area contributed by atoms with Crippen molar-refractivity contribution in [3.05, 3.63) is 89.7 Å². The number of anilines is 1. The fraction of sp³-hybridized carbons (Fsp3) is 0.267. The van der Waals surface area contributed by atoms with Crippen LogP contribution in [0.25, 0.3) is 22.5 Å². The Labute approximate surface area is 244 Å². The molecular formula is C30H34N4O4Pt. The van der Waals surface area contributed by atoms with E-state index in [1.807, 2.05) is 56.4 Å². The third kappa shape index (κ3) is 8.10. The minimum Gasteiger partial charge on any atom is -0.536 e. The zero-order valence-electron chi connectivity index (χ0n) is 22.8. The van der Waals surface area contributed by atoms with Crippen LogP contribution in [0, 0.1) is 12.1 Å². The van der Waals surface area contributed by atoms with E-state index in [0.717, 1.165) is 40.3 Å². The van der Waals surface area contributed by atoms with Gasteiger partial charge in [0.25, 0.3) is 0 Å². The molecule has 208 valence electrons. The summed E-state index contributed by atoms with van der Waals surface area (Å²) in [5.41, 5.74) is 6.67. The Morgan fingerprint density at radius 1 is 0.872 bits per heavy atom. The van der Waals surface area contributed by atoms with Crippen LogP contribution in [0.4, 0.5) is 5.69 Å². The summed E-state index contributed by atoms with van der Waals surface area (Å²) in [6.45, 7) is 0.512. The van der Waals surface area contributed by atoms with Gasteiger partial charge in [0.1, 0.15) is 0 Å². The largest absolute Gasteiger partial charge is 2.00 e. The summed E-state index contributed by atoms with van der Waals surface area (Å²) in [7, 11) is 9.10. The molecular weight excluding hydrogens is 675 g/mol. The molecule has 0 aliphatic heterocycles. The van der Waals surface area contributed by atoms with Crippen molar-refractivity contribution in [1.82, 2.24) is 15.3 Å². The molecule has 0 aliphatic rings. The minimum absolute atomic E-state index is 0. The number of hydrogen-bond acceptors (Lipinski definition) is 8. The molecule has 39 heavy (non-hydrogen) atoms. The number of hydrogen-bond donors (Lipinski definition) is 3. The predicted molar refractivity (Wildman–Crippen MR) is 149 cm³/mol. The molecule has 0 radical (unpaired) electrons. The van der Waals surface area contributed by atoms with Crippen molar-refractivity contribution in [3.63, 3.8) is 0 Å². The first-order valence-electron chi connectivity index (χ1n) is 12.1. The fourth-order valence-electron chi connectivity index (χ4n) is 3.91. The van der Waals surface area contributed by atoms with Crippen molar-refractivity contribution in [3.8, 4) is 34.0 Å². The van der Waals surface area contributed by atoms with E-state index in [0.29, 0.717) is 22.6 Å². The molecule has 3 N–H and O–H groups in total. The second-order valence-electron chi connectivity index (χ2n) is 8.50. The quantitative estimate of drug-likeness (QED) is 0.226. The number of ether oxygens (including phenoxy) is 2. The van der Waals surface area contributed by atoms with E-state index in [9.17, 15) is 10.2 Å². The summed E-state index contributed by atoms with van der Waals surface area (Å²) in [6, 6.07) is 21.2. The second-order valence-corrected chi connectivity index (χ2v) is 8.50. The molecule has 0 spiro atoms. The number of nitrogens with zero attached hydrogens (tertiary/aromatic N) is 3. The number of aromatic nitrogens is 2. The monoisotopic (exact) mass is 709 g/mol. The van der Waals surface area contributed by atoms with Crippen molar-refractivity contribution < 1.29 is 40.8 Å². The van der Waals surface area contributed by atoms with Crippen LogP contribution in [-0.2, 0) is 40.8 Å². The average molecular weight is 710 g/mol. The molecule has 2 heterocycles. The average Bonchev–Trinajstić information content (AvgIpc) is 2.96. The number of benzene rings is 2. The topological polar surface area (TPSA) is 100.0 Å². The molecule has 8 nitrogen and oxygen atoms in total. The Morgan fingerprint density at radius 2 is 1.54 bits per heavy atom. The van der Waals surface area contributed by atoms with E-state index in [1.54, 1.807) is 44.8 Å². The molecule has 0 fully saturated rings. The van der Waals surface area contributed by atoms with Gasteiger partial charge in [0.05, 0.1) is 32.3 Å². The van der Waals surface area contributed by atoms with Crippen LogP contribution in [-0.4, -0.2) is 55.5 Å². The van der Waals surface area contributed by atoms with E-state index in [2.05, 4.69) is 27.4 Å². The van der Waals surface area contributed by atoms with Gasteiger partial charge >= 0.3 is 21.1 Å². The Balaban J connectivity index is 0.000000267. The van der Waals surface area contributed by atoms with Gasteiger partial charge in [-0.15, -0.1) is 35.9 Å². The fourth-order valence-corrected chi connectivity index (χ4v) is 3.91. The zero-order valence-corrected chi connectivity index (χ0v) is 25.0. The molecule has 2 aromatic carbocycles. The number of aliphatic hydroxyl groups excluding tert-OH is 2. The molecule has 0 atom stereocenters. The van der Waals surface area contributed by atoms with Crippen molar-refractivity contribution >= 4 is 5.69 Å². The minimum atomic E-state index is -0.138. The number of rotatable bonds is 9. The Hall–Kier alpha value is -3.29. The van der Waals surface area contributed by atoms with Crippen LogP contribution in [0.15, 0.2) is 60.9 Å². The number of methoxy groups -OCH3 is 2. The molecule has 0 bridgehead atoms. The van der Waals surface area contributed by atoms with Gasteiger partial charge in [0, 0.05) is 45.3 Å². The van der Waals surface area contributed by atoms with E-state index >= 15 is 0 Å². The van der Waals surface area contributed by atoms with Crippen LogP contribution in [0.5, 0.6) is 11.5 Å². The third-order valence-electron chi connectivity index (χ3n) is 5.84. The normalized spacial score (nSPS) is 10.1. The molecule has 0 saturated heterocycles. The molecule has 4 rings (SSSR count). The number of nitrogens with one attached hydrogen (secondary N) is 1. The molecule has 0 saturated carbocycles. The SMILES string of the molecule is CNCc1ccnc(-c2[c-]ccc(CO)c2CO)c1.COc1cc[c-]c(-c2cc(N(C)C)ccn2)c1OC.[Pt+2]. The van der Waals surface area contributed by atoms with Gasteiger partial charge < -0.3 is 39.9 Å². The smallest absolute Gasteiger partial charge is 0.536 e. The maximum Gasteiger partial charge on any atom is 2.00 e. The first kappa shape index (κ1) is 31.9. The molecule has 2 aromatic heterocycles. The van der Waals surface area contributed by atoms with Crippen LogP contribution < -0.4 is 19.7 Å². The predicted octanol–water partition coefficient (Wildman–Crippen LogP) is 3.88. The third-order valence-corrected chi connectivity index (χ3v) is 5.84. The standard InChI is InChI=1S/2C15H17N2O2.Pt/c1-17(2)11-8-9-16-13(10-11)12-6-5-7-14(18-3)15(12)19-4;1-16-8-11-5-6-17-15(7-11)13-4-2-3-12(9-18)14(13)10-19;/h5,7-10H,1-4H3;2-3,5-7,16,18-19H,8-10H2,1H3;/q2*-1;+2. The van der Waals surface area contributed by atoms with E-state index in [1.165, 1.54) is 0 Å². The Bertz CT molecular complexity index is 1330. The summed E-state index contributed by atoms with van der Waals surface area (Å²) in [6.07, 6.45) is 3.51. The first-order valence-corrected chi connectivity index (χ1v) is 12.1. The summed E-state index contributed by atoms with van der Waals surface area (Å²) in [5.74, 6) is 1.32. The van der Waals surface area contributed by atoms with Crippen molar-refractivity contribution in [2.24, 2.45) is 0 Å². The van der Waals surface area contributed by atoms with Crippen molar-refractivity contribution in [2.75, 3.05) is 40.3 Å². The maximum atomic E-state index is 9.49. The van der Waals surface area contributed by atoms with Crippen molar-refractivity contribution in [2.45, 2.75) is 19.8 Å². The van der Waals surface area contributed by atoms with Crippen LogP contribution in [0.1, 0.15) is 16.7 Å². The van der Waals surface area contributed by atoms with Crippen LogP contribution >= 0.6 is 0 Å². The number of pyridine rings is 2. The summed E-state index contributed by atoms with van der Waals surface area (Å²) in [5, 5.41) is 21.9. The summed E-state index contributed by atoms with van der Waals surface area (Å²) >= 11 is 0. The van der Waals surface area contributed by atoms with Gasteiger partial charge in [-0.05, 0) is 36.1 Å². The summed E-state index contributed by atoms with van der Waals surface area (Å²) in [4.78, 5) is 10.7. The van der Waals surface area contributed by atoms with Gasteiger partial charge in [-0.25, -0.2) is 0 Å². The van der Waals surface area contributed by atoms with Gasteiger partial charge in [0.15, 0.2) is 0 Å². The van der Waals surface area contributed by atoms with Gasteiger partial charge in [0.2, 0.25) is 0 Å². The maximum absolute atomic E-state index is 9.49. The van der Waals surface area contributed by atoms with Gasteiger partial charge in [-0.3, -0.25) is 0 Å². The molecule has 4 aromatic rings. The Morgan fingerprint density at radius 3 is 2.15 bits per heavy atom. The van der Waals surface area contributed by atoms with E-state index in [-0.39, 0.29) is 34.3 Å². The zero-order chi connectivity index (χ0) is 27.5. The van der Waals surface area contributed by atoms with Crippen molar-refractivity contribution in [1.29, 1.82) is 0 Å². The van der Waals surface area contributed by atoms with Gasteiger partial charge in [-0.2, -0.15) is 0 Å². The Kier molecular flexibility index (Phi) is 13.1. The van der Waals surface area contributed by atoms with Gasteiger partial charge in [-0.1, -0.05) is 34.9 Å². The molecule has 0 aliphatic carbocycles. The summed E-state index contributed by atoms with van der Waals surface area (Å²) < 4.78 is 10.7. The number of aliphatic hydroxyl groups is 2. The first-order chi connectivity index (χ1) is 18.5. The van der Waals surface area contributed by atoms with Crippen LogP contribution in [0.3, 0.4) is 0 Å². The van der Waals surface area contributed by atoms with E-state index < -0.39 is 0 Å². The van der Waals surface area contributed by atoms with E-state index in [4.69, 9.17) is 9.47 Å². The molecule has 0 amide bonds. The van der Waals surface area contributed by atoms with Crippen LogP contribution in [0.2, 0.25) is 0 Å². The molecule has 0 unspecified atom stereocenters. The second kappa shape index (κ2) is 16.0. The molecule has 9 heteroatoms.